The number of nitrogens with zero attached hydrogens (tertiary/aromatic N) is 4. The second-order valence-electron chi connectivity index (χ2n) is 4.74. The third-order valence-electron chi connectivity index (χ3n) is 3.15. The van der Waals surface area contributed by atoms with Crippen molar-refractivity contribution >= 4 is 33.7 Å². The Balaban J connectivity index is 1.83. The fourth-order valence-corrected chi connectivity index (χ4v) is 3.45. The van der Waals surface area contributed by atoms with Crippen molar-refractivity contribution in [1.29, 1.82) is 0 Å². The van der Waals surface area contributed by atoms with Crippen LogP contribution in [-0.4, -0.2) is 35.2 Å². The van der Waals surface area contributed by atoms with Crippen molar-refractivity contribution in [3.05, 3.63) is 40.2 Å². The molecule has 23 heavy (non-hydrogen) atoms. The Morgan fingerprint density at radius 1 is 1.30 bits per heavy atom. The minimum absolute atomic E-state index is 0.141. The van der Waals surface area contributed by atoms with Crippen LogP contribution >= 0.6 is 22.7 Å². The second-order valence-corrected chi connectivity index (χ2v) is 6.76. The lowest BCUT2D eigenvalue weighted by molar-refractivity contribution is 0.0992. The molecule has 3 aromatic rings. The van der Waals surface area contributed by atoms with Crippen LogP contribution in [0.3, 0.4) is 0 Å². The maximum absolute atomic E-state index is 12.6. The average molecular weight is 346 g/mol. The lowest BCUT2D eigenvalue weighted by Crippen LogP contribution is -2.26. The first kappa shape index (κ1) is 15.6. The van der Waals surface area contributed by atoms with Gasteiger partial charge in [-0.15, -0.1) is 21.5 Å². The van der Waals surface area contributed by atoms with E-state index in [4.69, 9.17) is 4.74 Å². The monoisotopic (exact) mass is 346 g/mol. The third-order valence-corrected chi connectivity index (χ3v) is 4.92. The Morgan fingerprint density at radius 2 is 2.13 bits per heavy atom. The Hall–Kier alpha value is -2.32. The molecule has 0 saturated heterocycles. The minimum Gasteiger partial charge on any atom is -0.497 e. The van der Waals surface area contributed by atoms with E-state index in [9.17, 15) is 4.79 Å². The van der Waals surface area contributed by atoms with Crippen molar-refractivity contribution in [3.63, 3.8) is 0 Å². The Bertz CT molecular complexity index is 843. The van der Waals surface area contributed by atoms with Gasteiger partial charge in [0.1, 0.15) is 16.5 Å². The minimum atomic E-state index is -0.141. The summed E-state index contributed by atoms with van der Waals surface area (Å²) in [6, 6.07) is 7.05. The summed E-state index contributed by atoms with van der Waals surface area (Å²) in [6.07, 6.45) is 0. The van der Waals surface area contributed by atoms with Crippen LogP contribution in [0.5, 0.6) is 5.75 Å². The highest BCUT2D eigenvalue weighted by Crippen LogP contribution is 2.29. The van der Waals surface area contributed by atoms with Crippen LogP contribution in [0.15, 0.2) is 29.6 Å². The summed E-state index contributed by atoms with van der Waals surface area (Å²) in [5, 5.41) is 12.2. The van der Waals surface area contributed by atoms with Gasteiger partial charge >= 0.3 is 0 Å². The van der Waals surface area contributed by atoms with Gasteiger partial charge in [-0.05, 0) is 25.1 Å². The van der Waals surface area contributed by atoms with Crippen molar-refractivity contribution in [3.8, 4) is 16.5 Å². The van der Waals surface area contributed by atoms with E-state index in [0.717, 1.165) is 15.7 Å². The van der Waals surface area contributed by atoms with Gasteiger partial charge in [-0.2, -0.15) is 0 Å². The lowest BCUT2D eigenvalue weighted by atomic mass is 10.2. The molecule has 1 aromatic carbocycles. The summed E-state index contributed by atoms with van der Waals surface area (Å²) in [6.45, 7) is 1.90. The molecular formula is C15H14N4O2S2. The van der Waals surface area contributed by atoms with Crippen LogP contribution in [0, 0.1) is 6.92 Å². The molecule has 0 aliphatic rings. The maximum Gasteiger partial charge on any atom is 0.259 e. The Kier molecular flexibility index (Phi) is 4.35. The highest BCUT2D eigenvalue weighted by Gasteiger charge is 2.18. The van der Waals surface area contributed by atoms with Crippen molar-refractivity contribution in [2.24, 2.45) is 0 Å². The molecule has 0 fully saturated rings. The SMILES string of the molecule is COc1cccc(C(=O)N(C)c2nc(-c3nnc(C)s3)cs2)c1. The van der Waals surface area contributed by atoms with E-state index in [1.807, 2.05) is 12.3 Å². The molecule has 0 bridgehead atoms. The van der Waals surface area contributed by atoms with Gasteiger partial charge in [0.25, 0.3) is 5.91 Å². The van der Waals surface area contributed by atoms with Gasteiger partial charge in [-0.1, -0.05) is 17.4 Å². The zero-order chi connectivity index (χ0) is 16.4. The number of thiazole rings is 1. The molecule has 0 spiro atoms. The molecule has 0 atom stereocenters. The van der Waals surface area contributed by atoms with E-state index < -0.39 is 0 Å². The number of amides is 1. The first-order valence-corrected chi connectivity index (χ1v) is 8.46. The quantitative estimate of drug-likeness (QED) is 0.725. The molecule has 2 heterocycles. The Morgan fingerprint density at radius 3 is 2.83 bits per heavy atom. The fraction of sp³-hybridized carbons (Fsp3) is 0.200. The molecule has 0 aliphatic carbocycles. The molecule has 0 unspecified atom stereocenters. The molecule has 2 aromatic heterocycles. The van der Waals surface area contributed by atoms with Crippen molar-refractivity contribution in [1.82, 2.24) is 15.2 Å². The van der Waals surface area contributed by atoms with Gasteiger partial charge in [0, 0.05) is 18.0 Å². The number of rotatable bonds is 4. The predicted molar refractivity (Wildman–Crippen MR) is 91.5 cm³/mol. The number of methoxy groups -OCH3 is 1. The largest absolute Gasteiger partial charge is 0.497 e. The molecule has 0 saturated carbocycles. The van der Waals surface area contributed by atoms with Gasteiger partial charge in [-0.25, -0.2) is 4.98 Å². The standard InChI is InChI=1S/C15H14N4O2S2/c1-9-17-18-13(23-9)12-8-22-15(16-12)19(2)14(20)10-5-4-6-11(7-10)21-3/h4-8H,1-3H3. The highest BCUT2D eigenvalue weighted by atomic mass is 32.1. The van der Waals surface area contributed by atoms with Gasteiger partial charge in [0.15, 0.2) is 10.1 Å². The number of benzene rings is 1. The van der Waals surface area contributed by atoms with E-state index in [2.05, 4.69) is 15.2 Å². The van der Waals surface area contributed by atoms with Crippen molar-refractivity contribution < 1.29 is 9.53 Å². The van der Waals surface area contributed by atoms with Gasteiger partial charge in [0.2, 0.25) is 0 Å². The summed E-state index contributed by atoms with van der Waals surface area (Å²) in [7, 11) is 3.28. The van der Waals surface area contributed by atoms with Crippen LogP contribution in [0.4, 0.5) is 5.13 Å². The molecule has 8 heteroatoms. The smallest absolute Gasteiger partial charge is 0.259 e. The van der Waals surface area contributed by atoms with E-state index in [1.165, 1.54) is 27.6 Å². The molecule has 6 nitrogen and oxygen atoms in total. The zero-order valence-corrected chi connectivity index (χ0v) is 14.4. The normalized spacial score (nSPS) is 10.6. The van der Waals surface area contributed by atoms with Crippen molar-refractivity contribution in [2.75, 3.05) is 19.1 Å². The maximum atomic E-state index is 12.6. The average Bonchev–Trinajstić information content (AvgIpc) is 3.22. The lowest BCUT2D eigenvalue weighted by Gasteiger charge is -2.14. The van der Waals surface area contributed by atoms with E-state index in [-0.39, 0.29) is 5.91 Å². The zero-order valence-electron chi connectivity index (χ0n) is 12.8. The van der Waals surface area contributed by atoms with E-state index in [0.29, 0.717) is 16.4 Å². The summed E-state index contributed by atoms with van der Waals surface area (Å²) in [5.41, 5.74) is 1.29. The first-order valence-electron chi connectivity index (χ1n) is 6.76. The molecule has 0 radical (unpaired) electrons. The third kappa shape index (κ3) is 3.22. The molecule has 3 rings (SSSR count). The number of ether oxygens (including phenoxy) is 1. The number of anilines is 1. The Labute approximate surface area is 141 Å². The van der Waals surface area contributed by atoms with Crippen LogP contribution < -0.4 is 9.64 Å². The summed E-state index contributed by atoms with van der Waals surface area (Å²) >= 11 is 2.87. The number of carbonyl (C=O) groups is 1. The van der Waals surface area contributed by atoms with Gasteiger partial charge in [-0.3, -0.25) is 9.69 Å². The van der Waals surface area contributed by atoms with Crippen LogP contribution in [-0.2, 0) is 0 Å². The van der Waals surface area contributed by atoms with Gasteiger partial charge < -0.3 is 4.74 Å². The van der Waals surface area contributed by atoms with Crippen LogP contribution in [0.25, 0.3) is 10.7 Å². The number of aryl methyl sites for hydroxylation is 1. The summed E-state index contributed by atoms with van der Waals surface area (Å²) in [4.78, 5) is 18.6. The summed E-state index contributed by atoms with van der Waals surface area (Å²) < 4.78 is 5.16. The second kappa shape index (κ2) is 6.43. The molecule has 0 N–H and O–H groups in total. The van der Waals surface area contributed by atoms with Gasteiger partial charge in [0.05, 0.1) is 7.11 Å². The first-order chi connectivity index (χ1) is 11.1. The van der Waals surface area contributed by atoms with E-state index in [1.54, 1.807) is 38.4 Å². The number of hydrogen-bond acceptors (Lipinski definition) is 7. The molecular weight excluding hydrogens is 332 g/mol. The number of carbonyl (C=O) groups excluding carboxylic acids is 1. The predicted octanol–water partition coefficient (Wildman–Crippen LogP) is 3.26. The number of hydrogen-bond donors (Lipinski definition) is 0. The van der Waals surface area contributed by atoms with E-state index >= 15 is 0 Å². The van der Waals surface area contributed by atoms with Crippen LogP contribution in [0.1, 0.15) is 15.4 Å². The number of aromatic nitrogens is 3. The topological polar surface area (TPSA) is 68.2 Å². The molecule has 118 valence electrons. The van der Waals surface area contributed by atoms with Crippen LogP contribution in [0.2, 0.25) is 0 Å². The fourth-order valence-electron chi connectivity index (χ4n) is 1.95. The highest BCUT2D eigenvalue weighted by molar-refractivity contribution is 7.16. The summed E-state index contributed by atoms with van der Waals surface area (Å²) in [5.74, 6) is 0.506. The molecule has 1 amide bonds. The van der Waals surface area contributed by atoms with Crippen molar-refractivity contribution in [2.45, 2.75) is 6.92 Å². The molecule has 0 aliphatic heterocycles.